The molecule has 0 saturated heterocycles. The Morgan fingerprint density at radius 3 is 2.07 bits per heavy atom. The van der Waals surface area contributed by atoms with Crippen LogP contribution in [0.1, 0.15) is 58.3 Å². The van der Waals surface area contributed by atoms with Gasteiger partial charge in [0.1, 0.15) is 6.04 Å². The Morgan fingerprint density at radius 2 is 1.56 bits per heavy atom. The van der Waals surface area contributed by atoms with Gasteiger partial charge in [-0.25, -0.2) is 4.79 Å². The van der Waals surface area contributed by atoms with Gasteiger partial charge in [-0.15, -0.1) is 0 Å². The molecule has 0 aliphatic carbocycles. The fourth-order valence-electron chi connectivity index (χ4n) is 2.19. The highest BCUT2D eigenvalue weighted by Gasteiger charge is 2.63. The molecule has 1 unspecified atom stereocenters. The summed E-state index contributed by atoms with van der Waals surface area (Å²) in [6.07, 6.45) is 2.41. The molecule has 0 bridgehead atoms. The van der Waals surface area contributed by atoms with Crippen molar-refractivity contribution in [1.29, 1.82) is 0 Å². The number of esters is 1. The molecule has 0 aromatic carbocycles. The summed E-state index contributed by atoms with van der Waals surface area (Å²) in [7, 11) is 0. The summed E-state index contributed by atoms with van der Waals surface area (Å²) < 4.78 is 67.8. The maximum Gasteiger partial charge on any atom is 0.463 e. The first-order valence-electron chi connectivity index (χ1n) is 8.99. The molecule has 0 spiro atoms. The van der Waals surface area contributed by atoms with Crippen molar-refractivity contribution in [3.63, 3.8) is 0 Å². The first-order chi connectivity index (χ1) is 12.6. The lowest BCUT2D eigenvalue weighted by Crippen LogP contribution is -2.55. The number of carbonyl (C=O) groups excluding carboxylic acids is 2. The maximum atomic E-state index is 13.1. The van der Waals surface area contributed by atoms with Gasteiger partial charge < -0.3 is 10.1 Å². The molecule has 160 valence electrons. The molecule has 0 fully saturated rings. The lowest BCUT2D eigenvalue weighted by atomic mass is 10.1. The number of unbranched alkanes of at least 4 members (excludes halogenated alkanes) is 6. The second-order valence-electron chi connectivity index (χ2n) is 6.17. The predicted molar refractivity (Wildman–Crippen MR) is 94.9 cm³/mol. The van der Waals surface area contributed by atoms with E-state index in [1.54, 1.807) is 6.26 Å². The van der Waals surface area contributed by atoms with Crippen LogP contribution in [0.5, 0.6) is 0 Å². The molecule has 0 aromatic rings. The molecular weight excluding hydrogens is 393 g/mol. The van der Waals surface area contributed by atoms with E-state index in [2.05, 4.69) is 6.92 Å². The van der Waals surface area contributed by atoms with Gasteiger partial charge in [0, 0.05) is 0 Å². The summed E-state index contributed by atoms with van der Waals surface area (Å²) in [4.78, 5) is 23.3. The topological polar surface area (TPSA) is 55.4 Å². The van der Waals surface area contributed by atoms with Gasteiger partial charge in [0.2, 0.25) is 0 Å². The lowest BCUT2D eigenvalue weighted by Gasteiger charge is -2.22. The van der Waals surface area contributed by atoms with Gasteiger partial charge >= 0.3 is 24.0 Å². The van der Waals surface area contributed by atoms with Crippen molar-refractivity contribution in [2.24, 2.45) is 0 Å². The molecule has 10 heteroatoms. The number of hydrogen-bond donors (Lipinski definition) is 1. The molecule has 0 heterocycles. The van der Waals surface area contributed by atoms with Gasteiger partial charge in [-0.05, 0) is 24.9 Å². The maximum absolute atomic E-state index is 13.1. The third-order valence-electron chi connectivity index (χ3n) is 3.83. The van der Waals surface area contributed by atoms with Gasteiger partial charge in [0.25, 0.3) is 0 Å². The summed E-state index contributed by atoms with van der Waals surface area (Å²) in [5, 5.41) is 1.48. The first-order valence-corrected chi connectivity index (χ1v) is 10.4. The number of nitrogens with one attached hydrogen (secondary N) is 1. The molecule has 0 aliphatic heterocycles. The van der Waals surface area contributed by atoms with Gasteiger partial charge in [-0.2, -0.15) is 33.7 Å². The van der Waals surface area contributed by atoms with Crippen LogP contribution in [0.3, 0.4) is 0 Å². The van der Waals surface area contributed by atoms with Crippen LogP contribution in [0.25, 0.3) is 0 Å². The molecular formula is C17H28F5NO3S. The summed E-state index contributed by atoms with van der Waals surface area (Å²) in [5.74, 6) is -8.83. The van der Waals surface area contributed by atoms with E-state index in [0.717, 1.165) is 38.5 Å². The first kappa shape index (κ1) is 25.9. The number of thioether (sulfide) groups is 1. The average molecular weight is 421 g/mol. The van der Waals surface area contributed by atoms with Crippen LogP contribution in [0.15, 0.2) is 0 Å². The SMILES string of the molecule is CCCCCCCCCOC(=O)C(CCSC)NC(=O)C(F)(F)C(F)(F)F. The van der Waals surface area contributed by atoms with Crippen molar-refractivity contribution in [3.8, 4) is 0 Å². The van der Waals surface area contributed by atoms with Crippen molar-refractivity contribution in [2.45, 2.75) is 76.4 Å². The summed E-state index contributed by atoms with van der Waals surface area (Å²) in [5.41, 5.74) is 0. The van der Waals surface area contributed by atoms with Crippen LogP contribution >= 0.6 is 11.8 Å². The Morgan fingerprint density at radius 1 is 1.00 bits per heavy atom. The van der Waals surface area contributed by atoms with E-state index in [0.29, 0.717) is 6.42 Å². The largest absolute Gasteiger partial charge is 0.464 e. The van der Waals surface area contributed by atoms with Crippen LogP contribution in [-0.2, 0) is 14.3 Å². The highest BCUT2D eigenvalue weighted by Crippen LogP contribution is 2.35. The number of hydrogen-bond acceptors (Lipinski definition) is 4. The van der Waals surface area contributed by atoms with Crippen LogP contribution in [0, 0.1) is 0 Å². The minimum Gasteiger partial charge on any atom is -0.464 e. The zero-order valence-electron chi connectivity index (χ0n) is 15.7. The molecule has 1 N–H and O–H groups in total. The quantitative estimate of drug-likeness (QED) is 0.251. The molecule has 0 saturated carbocycles. The molecule has 0 radical (unpaired) electrons. The lowest BCUT2D eigenvalue weighted by molar-refractivity contribution is -0.270. The van der Waals surface area contributed by atoms with E-state index < -0.39 is 30.0 Å². The molecule has 0 aliphatic rings. The Bertz CT molecular complexity index is 447. The Balaban J connectivity index is 4.46. The number of rotatable bonds is 14. The predicted octanol–water partition coefficient (Wildman–Crippen LogP) is 4.72. The van der Waals surface area contributed by atoms with Crippen molar-refractivity contribution < 1.29 is 36.3 Å². The van der Waals surface area contributed by atoms with E-state index in [-0.39, 0.29) is 18.8 Å². The number of amides is 1. The average Bonchev–Trinajstić information content (AvgIpc) is 2.59. The minimum atomic E-state index is -6.02. The van der Waals surface area contributed by atoms with E-state index in [4.69, 9.17) is 4.74 Å². The molecule has 0 aromatic heterocycles. The molecule has 1 atom stereocenters. The second kappa shape index (κ2) is 13.2. The minimum absolute atomic E-state index is 0.0356. The van der Waals surface area contributed by atoms with Crippen LogP contribution in [0.2, 0.25) is 0 Å². The number of carbonyl (C=O) groups is 2. The molecule has 0 rings (SSSR count). The van der Waals surface area contributed by atoms with E-state index >= 15 is 0 Å². The van der Waals surface area contributed by atoms with Gasteiger partial charge in [-0.3, -0.25) is 4.79 Å². The second-order valence-corrected chi connectivity index (χ2v) is 7.15. The summed E-state index contributed by atoms with van der Waals surface area (Å²) >= 11 is 1.26. The highest BCUT2D eigenvalue weighted by atomic mass is 32.2. The van der Waals surface area contributed by atoms with Crippen LogP contribution < -0.4 is 5.32 Å². The monoisotopic (exact) mass is 421 g/mol. The van der Waals surface area contributed by atoms with Crippen molar-refractivity contribution in [3.05, 3.63) is 0 Å². The van der Waals surface area contributed by atoms with E-state index in [1.807, 2.05) is 0 Å². The van der Waals surface area contributed by atoms with Crippen molar-refractivity contribution in [1.82, 2.24) is 5.32 Å². The van der Waals surface area contributed by atoms with E-state index in [9.17, 15) is 31.5 Å². The third kappa shape index (κ3) is 10.2. The van der Waals surface area contributed by atoms with Crippen molar-refractivity contribution in [2.75, 3.05) is 18.6 Å². The normalized spacial score (nSPS) is 13.3. The molecule has 1 amide bonds. The van der Waals surface area contributed by atoms with Gasteiger partial charge in [0.05, 0.1) is 6.61 Å². The number of halogens is 5. The Hall–Kier alpha value is -1.06. The molecule has 4 nitrogen and oxygen atoms in total. The summed E-state index contributed by atoms with van der Waals surface area (Å²) in [6.45, 7) is 2.14. The molecule has 27 heavy (non-hydrogen) atoms. The van der Waals surface area contributed by atoms with Crippen LogP contribution in [0.4, 0.5) is 22.0 Å². The number of ether oxygens (including phenoxy) is 1. The van der Waals surface area contributed by atoms with Gasteiger partial charge in [0.15, 0.2) is 0 Å². The fraction of sp³-hybridized carbons (Fsp3) is 0.882. The third-order valence-corrected chi connectivity index (χ3v) is 4.48. The van der Waals surface area contributed by atoms with Crippen molar-refractivity contribution >= 4 is 23.6 Å². The highest BCUT2D eigenvalue weighted by molar-refractivity contribution is 7.98. The van der Waals surface area contributed by atoms with Crippen LogP contribution in [-0.4, -0.2) is 48.6 Å². The summed E-state index contributed by atoms with van der Waals surface area (Å²) in [6, 6.07) is -1.54. The zero-order chi connectivity index (χ0) is 20.9. The fourth-order valence-corrected chi connectivity index (χ4v) is 2.67. The standard InChI is InChI=1S/C17H28F5NO3S/c1-3-4-5-6-7-8-9-11-26-14(24)13(10-12-27-2)23-15(25)16(18,19)17(20,21)22/h13H,3-12H2,1-2H3,(H,23,25). The van der Waals surface area contributed by atoms with E-state index in [1.165, 1.54) is 17.1 Å². The van der Waals surface area contributed by atoms with Gasteiger partial charge in [-0.1, -0.05) is 45.4 Å². The smallest absolute Gasteiger partial charge is 0.463 e. The Labute approximate surface area is 161 Å². The number of alkyl halides is 5. The Kier molecular flexibility index (Phi) is 12.7. The zero-order valence-corrected chi connectivity index (χ0v) is 16.5.